The summed E-state index contributed by atoms with van der Waals surface area (Å²) < 4.78 is 5.89. The van der Waals surface area contributed by atoms with Gasteiger partial charge in [0.1, 0.15) is 5.58 Å². The second kappa shape index (κ2) is 4.50. The molecule has 0 saturated carbocycles. The van der Waals surface area contributed by atoms with Gasteiger partial charge in [0.05, 0.1) is 15.7 Å². The van der Waals surface area contributed by atoms with Gasteiger partial charge >= 0.3 is 0 Å². The minimum Gasteiger partial charge on any atom is -0.455 e. The summed E-state index contributed by atoms with van der Waals surface area (Å²) in [5.41, 5.74) is 1.40. The number of rotatable bonds is 2. The number of para-hydroxylation sites is 2. The Morgan fingerprint density at radius 2 is 1.83 bits per heavy atom. The van der Waals surface area contributed by atoms with Crippen molar-refractivity contribution in [3.8, 4) is 0 Å². The second-order valence-corrected chi connectivity index (χ2v) is 5.30. The topological polar surface area (TPSA) is 30.2 Å². The van der Waals surface area contributed by atoms with Gasteiger partial charge in [0.25, 0.3) is 0 Å². The van der Waals surface area contributed by atoms with E-state index in [4.69, 9.17) is 4.42 Å². The van der Waals surface area contributed by atoms with Crippen molar-refractivity contribution >= 4 is 33.7 Å². The molecular weight excluding hydrogens is 244 g/mol. The average Bonchev–Trinajstić information content (AvgIpc) is 2.40. The first-order valence-electron chi connectivity index (χ1n) is 5.88. The molecule has 90 valence electrons. The van der Waals surface area contributed by atoms with E-state index < -0.39 is 0 Å². The van der Waals surface area contributed by atoms with Crippen LogP contribution in [0.4, 0.5) is 0 Å². The van der Waals surface area contributed by atoms with Crippen LogP contribution in [0, 0.1) is 0 Å². The van der Waals surface area contributed by atoms with E-state index in [2.05, 4.69) is 6.92 Å². The van der Waals surface area contributed by atoms with Crippen molar-refractivity contribution < 1.29 is 4.42 Å². The van der Waals surface area contributed by atoms with Crippen molar-refractivity contribution in [1.82, 2.24) is 0 Å². The molecule has 0 bridgehead atoms. The van der Waals surface area contributed by atoms with Crippen LogP contribution in [0.15, 0.2) is 56.6 Å². The Bertz CT molecular complexity index is 774. The van der Waals surface area contributed by atoms with Crippen LogP contribution in [0.1, 0.15) is 6.92 Å². The van der Waals surface area contributed by atoms with E-state index in [0.29, 0.717) is 21.9 Å². The van der Waals surface area contributed by atoms with Crippen molar-refractivity contribution in [1.29, 1.82) is 0 Å². The van der Waals surface area contributed by atoms with Crippen molar-refractivity contribution in [2.24, 2.45) is 0 Å². The summed E-state index contributed by atoms with van der Waals surface area (Å²) in [7, 11) is 0. The molecule has 0 saturated heterocycles. The van der Waals surface area contributed by atoms with Crippen LogP contribution in [0.2, 0.25) is 0 Å². The number of thioether (sulfide) groups is 1. The molecular formula is C15H12O2S. The summed E-state index contributed by atoms with van der Waals surface area (Å²) in [5.74, 6) is 0.954. The number of fused-ring (bicyclic) bond motifs is 2. The predicted octanol–water partition coefficient (Wildman–Crippen LogP) is 4.06. The van der Waals surface area contributed by atoms with E-state index in [1.807, 2.05) is 36.4 Å². The molecule has 3 aromatic rings. The Kier molecular flexibility index (Phi) is 2.84. The minimum atomic E-state index is 0.0467. The van der Waals surface area contributed by atoms with Crippen LogP contribution >= 0.6 is 11.8 Å². The lowest BCUT2D eigenvalue weighted by Gasteiger charge is -2.05. The quantitative estimate of drug-likeness (QED) is 0.511. The lowest BCUT2D eigenvalue weighted by Crippen LogP contribution is -2.02. The molecule has 0 aliphatic carbocycles. The van der Waals surface area contributed by atoms with E-state index in [9.17, 15) is 4.79 Å². The first kappa shape index (κ1) is 11.4. The third kappa shape index (κ3) is 1.71. The highest BCUT2D eigenvalue weighted by molar-refractivity contribution is 7.99. The van der Waals surface area contributed by atoms with Gasteiger partial charge in [-0.3, -0.25) is 4.79 Å². The molecule has 0 radical (unpaired) electrons. The highest BCUT2D eigenvalue weighted by atomic mass is 32.2. The van der Waals surface area contributed by atoms with Crippen LogP contribution in [-0.2, 0) is 0 Å². The van der Waals surface area contributed by atoms with Crippen LogP contribution in [-0.4, -0.2) is 5.75 Å². The fourth-order valence-corrected chi connectivity index (χ4v) is 2.84. The predicted molar refractivity (Wildman–Crippen MR) is 76.4 cm³/mol. The lowest BCUT2D eigenvalue weighted by atomic mass is 10.1. The number of hydrogen-bond acceptors (Lipinski definition) is 3. The maximum absolute atomic E-state index is 12.4. The standard InChI is InChI=1S/C15H12O2S/c1-2-18-13-9-5-7-11-14(16)10-6-3-4-8-12(10)17-15(11)13/h3-9H,2H2,1H3. The maximum Gasteiger partial charge on any atom is 0.200 e. The monoisotopic (exact) mass is 256 g/mol. The Balaban J connectivity index is 2.47. The Morgan fingerprint density at radius 1 is 1.06 bits per heavy atom. The highest BCUT2D eigenvalue weighted by Crippen LogP contribution is 2.28. The minimum absolute atomic E-state index is 0.0467. The lowest BCUT2D eigenvalue weighted by molar-refractivity contribution is 0.651. The third-order valence-corrected chi connectivity index (χ3v) is 3.79. The van der Waals surface area contributed by atoms with Gasteiger partial charge in [-0.1, -0.05) is 25.1 Å². The molecule has 0 aliphatic rings. The Labute approximate surface area is 109 Å². The normalized spacial score (nSPS) is 11.2. The summed E-state index contributed by atoms with van der Waals surface area (Å²) in [5, 5.41) is 1.30. The largest absolute Gasteiger partial charge is 0.455 e. The maximum atomic E-state index is 12.4. The van der Waals surface area contributed by atoms with Gasteiger partial charge in [-0.25, -0.2) is 0 Å². The van der Waals surface area contributed by atoms with E-state index in [0.717, 1.165) is 10.6 Å². The summed E-state index contributed by atoms with van der Waals surface area (Å²) >= 11 is 1.69. The zero-order valence-electron chi connectivity index (χ0n) is 9.97. The molecule has 0 unspecified atom stereocenters. The van der Waals surface area contributed by atoms with Crippen molar-refractivity contribution in [2.45, 2.75) is 11.8 Å². The average molecular weight is 256 g/mol. The van der Waals surface area contributed by atoms with Crippen LogP contribution in [0.5, 0.6) is 0 Å². The molecule has 2 aromatic carbocycles. The Hall–Kier alpha value is -1.74. The van der Waals surface area contributed by atoms with E-state index in [1.165, 1.54) is 0 Å². The molecule has 0 amide bonds. The zero-order chi connectivity index (χ0) is 12.5. The molecule has 0 spiro atoms. The van der Waals surface area contributed by atoms with Crippen LogP contribution in [0.25, 0.3) is 21.9 Å². The third-order valence-electron chi connectivity index (χ3n) is 2.87. The van der Waals surface area contributed by atoms with Crippen molar-refractivity contribution in [3.63, 3.8) is 0 Å². The van der Waals surface area contributed by atoms with Gasteiger partial charge < -0.3 is 4.42 Å². The Morgan fingerprint density at radius 3 is 2.67 bits per heavy atom. The van der Waals surface area contributed by atoms with Crippen molar-refractivity contribution in [2.75, 3.05) is 5.75 Å². The van der Waals surface area contributed by atoms with Gasteiger partial charge in [-0.05, 0) is 30.0 Å². The van der Waals surface area contributed by atoms with Gasteiger partial charge in [0, 0.05) is 0 Å². The molecule has 1 aromatic heterocycles. The van der Waals surface area contributed by atoms with Crippen molar-refractivity contribution in [3.05, 3.63) is 52.7 Å². The molecule has 3 heteroatoms. The molecule has 0 fully saturated rings. The summed E-state index contributed by atoms with van der Waals surface area (Å²) in [6, 6.07) is 13.1. The smallest absolute Gasteiger partial charge is 0.200 e. The second-order valence-electron chi connectivity index (χ2n) is 3.99. The van der Waals surface area contributed by atoms with Gasteiger partial charge in [0.2, 0.25) is 5.43 Å². The SMILES string of the molecule is CCSc1cccc2c(=O)c3ccccc3oc12. The molecule has 3 rings (SSSR count). The number of benzene rings is 2. The van der Waals surface area contributed by atoms with Crippen LogP contribution < -0.4 is 5.43 Å². The zero-order valence-corrected chi connectivity index (χ0v) is 10.8. The van der Waals surface area contributed by atoms with E-state index >= 15 is 0 Å². The fourth-order valence-electron chi connectivity index (χ4n) is 2.07. The van der Waals surface area contributed by atoms with E-state index in [1.54, 1.807) is 17.8 Å². The summed E-state index contributed by atoms with van der Waals surface area (Å²) in [4.78, 5) is 13.4. The molecule has 0 atom stereocenters. The van der Waals surface area contributed by atoms with Gasteiger partial charge in [-0.2, -0.15) is 0 Å². The summed E-state index contributed by atoms with van der Waals surface area (Å²) in [6.07, 6.45) is 0. The van der Waals surface area contributed by atoms with E-state index in [-0.39, 0.29) is 5.43 Å². The van der Waals surface area contributed by atoms with Crippen LogP contribution in [0.3, 0.4) is 0 Å². The highest BCUT2D eigenvalue weighted by Gasteiger charge is 2.10. The number of hydrogen-bond donors (Lipinski definition) is 0. The van der Waals surface area contributed by atoms with Gasteiger partial charge in [-0.15, -0.1) is 11.8 Å². The molecule has 0 aliphatic heterocycles. The molecule has 0 N–H and O–H groups in total. The summed E-state index contributed by atoms with van der Waals surface area (Å²) in [6.45, 7) is 2.09. The molecule has 18 heavy (non-hydrogen) atoms. The first-order chi connectivity index (χ1) is 8.81. The fraction of sp³-hybridized carbons (Fsp3) is 0.133. The van der Waals surface area contributed by atoms with Gasteiger partial charge in [0.15, 0.2) is 5.58 Å². The molecule has 1 heterocycles. The molecule has 2 nitrogen and oxygen atoms in total. The first-order valence-corrected chi connectivity index (χ1v) is 6.87.